The van der Waals surface area contributed by atoms with Crippen LogP contribution in [-0.4, -0.2) is 47.6 Å². The van der Waals surface area contributed by atoms with E-state index in [1.165, 1.54) is 6.07 Å². The van der Waals surface area contributed by atoms with Crippen LogP contribution < -0.4 is 15.8 Å². The van der Waals surface area contributed by atoms with E-state index in [4.69, 9.17) is 26.8 Å². The molecule has 0 saturated carbocycles. The van der Waals surface area contributed by atoms with Gasteiger partial charge < -0.3 is 25.4 Å². The summed E-state index contributed by atoms with van der Waals surface area (Å²) < 4.78 is 50.4. The van der Waals surface area contributed by atoms with Gasteiger partial charge in [-0.15, -0.1) is 0 Å². The molecule has 3 N–H and O–H groups in total. The Morgan fingerprint density at radius 3 is 2.58 bits per heavy atom. The van der Waals surface area contributed by atoms with Crippen molar-refractivity contribution < 1.29 is 27.4 Å². The van der Waals surface area contributed by atoms with Crippen molar-refractivity contribution in [1.29, 1.82) is 0 Å². The lowest BCUT2D eigenvalue weighted by atomic mass is 9.77. The van der Waals surface area contributed by atoms with Crippen molar-refractivity contribution >= 4 is 29.0 Å². The van der Waals surface area contributed by atoms with Crippen molar-refractivity contribution in [2.24, 2.45) is 0 Å². The Morgan fingerprint density at radius 1 is 1.21 bits per heavy atom. The first-order chi connectivity index (χ1) is 18.1. The zero-order valence-electron chi connectivity index (χ0n) is 20.4. The lowest BCUT2D eigenvalue weighted by molar-refractivity contribution is -0.157. The number of methoxy groups -OCH3 is 1. The molecule has 38 heavy (non-hydrogen) atoms. The number of nitrogens with one attached hydrogen (secondary N) is 1. The van der Waals surface area contributed by atoms with Gasteiger partial charge in [-0.2, -0.15) is 13.2 Å². The molecule has 3 aromatic rings. The maximum absolute atomic E-state index is 13.8. The van der Waals surface area contributed by atoms with Crippen LogP contribution in [0.4, 0.5) is 24.7 Å². The number of alkyl halides is 3. The fourth-order valence-electron chi connectivity index (χ4n) is 4.81. The van der Waals surface area contributed by atoms with E-state index in [0.29, 0.717) is 41.4 Å². The number of benzene rings is 2. The number of nitrogens with two attached hydrogens (primary N) is 1. The van der Waals surface area contributed by atoms with Crippen LogP contribution in [-0.2, 0) is 40.6 Å². The summed E-state index contributed by atoms with van der Waals surface area (Å²) in [5, 5.41) is 3.08. The molecule has 2 aromatic carbocycles. The lowest BCUT2D eigenvalue weighted by Gasteiger charge is -2.44. The summed E-state index contributed by atoms with van der Waals surface area (Å²) in [5.74, 6) is 0.971. The van der Waals surface area contributed by atoms with Gasteiger partial charge in [-0.3, -0.25) is 4.79 Å². The van der Waals surface area contributed by atoms with Gasteiger partial charge in [-0.1, -0.05) is 12.1 Å². The van der Waals surface area contributed by atoms with Crippen molar-refractivity contribution in [3.05, 3.63) is 75.7 Å². The molecule has 1 amide bonds. The average Bonchev–Trinajstić information content (AvgIpc) is 2.86. The predicted molar refractivity (Wildman–Crippen MR) is 135 cm³/mol. The minimum atomic E-state index is -4.52. The van der Waals surface area contributed by atoms with Crippen LogP contribution in [0.25, 0.3) is 0 Å². The second kappa shape index (κ2) is 9.95. The van der Waals surface area contributed by atoms with Gasteiger partial charge in [0.2, 0.25) is 11.2 Å². The summed E-state index contributed by atoms with van der Waals surface area (Å²) in [6.45, 7) is 1.20. The van der Waals surface area contributed by atoms with E-state index in [0.717, 1.165) is 17.7 Å². The van der Waals surface area contributed by atoms with E-state index in [2.05, 4.69) is 15.3 Å². The smallest absolute Gasteiger partial charge is 0.416 e. The number of anilines is 2. The zero-order valence-corrected chi connectivity index (χ0v) is 21.2. The van der Waals surface area contributed by atoms with Gasteiger partial charge in [0, 0.05) is 30.8 Å². The molecule has 2 aliphatic rings. The van der Waals surface area contributed by atoms with Crippen molar-refractivity contribution in [2.45, 2.75) is 31.1 Å². The standard InChI is InChI=1S/C26H25ClF3N5O3/c1-37-19-4-2-16(3-5-19)25(13-38-14-25)23(36)35-7-6-21-20(12-35)22(34-24(27)33-21)32-11-15-8-17(26(28,29)30)10-18(31)9-15/h2-5,8-10H,6-7,11-14,31H2,1H3,(H,32,33,34). The fraction of sp³-hybridized carbons (Fsp3) is 0.346. The fourth-order valence-corrected chi connectivity index (χ4v) is 4.99. The van der Waals surface area contributed by atoms with Crippen LogP contribution in [0.5, 0.6) is 5.75 Å². The molecule has 8 nitrogen and oxygen atoms in total. The third-order valence-electron chi connectivity index (χ3n) is 6.87. The quantitative estimate of drug-likeness (QED) is 0.352. The molecule has 2 aliphatic heterocycles. The molecule has 0 spiro atoms. The monoisotopic (exact) mass is 547 g/mol. The Morgan fingerprint density at radius 2 is 1.95 bits per heavy atom. The zero-order chi connectivity index (χ0) is 27.1. The van der Waals surface area contributed by atoms with E-state index >= 15 is 0 Å². The minimum Gasteiger partial charge on any atom is -0.497 e. The SMILES string of the molecule is COc1ccc(C2(C(=O)N3CCc4nc(Cl)nc(NCc5cc(N)cc(C(F)(F)F)c5)c4C3)COC2)cc1. The van der Waals surface area contributed by atoms with Crippen molar-refractivity contribution in [1.82, 2.24) is 14.9 Å². The minimum absolute atomic E-state index is 0.00249. The van der Waals surface area contributed by atoms with Crippen molar-refractivity contribution in [2.75, 3.05) is 37.9 Å². The van der Waals surface area contributed by atoms with Crippen LogP contribution >= 0.6 is 11.6 Å². The number of hydrogen-bond donors (Lipinski definition) is 2. The molecule has 0 atom stereocenters. The molecule has 0 radical (unpaired) electrons. The van der Waals surface area contributed by atoms with Gasteiger partial charge >= 0.3 is 6.18 Å². The van der Waals surface area contributed by atoms with Gasteiger partial charge in [0.25, 0.3) is 0 Å². The number of nitrogens with zero attached hydrogens (tertiary/aromatic N) is 3. The Balaban J connectivity index is 1.38. The number of rotatable bonds is 6. The maximum Gasteiger partial charge on any atom is 0.416 e. The molecule has 0 bridgehead atoms. The first kappa shape index (κ1) is 26.1. The highest BCUT2D eigenvalue weighted by Crippen LogP contribution is 2.37. The molecule has 1 aromatic heterocycles. The molecule has 3 heterocycles. The Hall–Kier alpha value is -3.57. The summed E-state index contributed by atoms with van der Waals surface area (Å²) in [4.78, 5) is 24.1. The molecule has 1 saturated heterocycles. The van der Waals surface area contributed by atoms with Crippen molar-refractivity contribution in [3.8, 4) is 5.75 Å². The van der Waals surface area contributed by atoms with E-state index in [-0.39, 0.29) is 43.2 Å². The Bertz CT molecular complexity index is 1360. The van der Waals surface area contributed by atoms with Gasteiger partial charge in [0.05, 0.1) is 38.1 Å². The van der Waals surface area contributed by atoms with Gasteiger partial charge in [0.15, 0.2) is 0 Å². The van der Waals surface area contributed by atoms with Crippen LogP contribution in [0.1, 0.15) is 27.9 Å². The van der Waals surface area contributed by atoms with Gasteiger partial charge in [0.1, 0.15) is 17.0 Å². The molecule has 5 rings (SSSR count). The van der Waals surface area contributed by atoms with Crippen LogP contribution in [0.2, 0.25) is 5.28 Å². The number of amides is 1. The molecule has 0 aliphatic carbocycles. The maximum atomic E-state index is 13.8. The highest BCUT2D eigenvalue weighted by atomic mass is 35.5. The first-order valence-corrected chi connectivity index (χ1v) is 12.2. The highest BCUT2D eigenvalue weighted by molar-refractivity contribution is 6.28. The second-order valence-electron chi connectivity index (χ2n) is 9.36. The normalized spacial score (nSPS) is 16.4. The van der Waals surface area contributed by atoms with E-state index in [1.807, 2.05) is 24.3 Å². The van der Waals surface area contributed by atoms with Crippen LogP contribution in [0.15, 0.2) is 42.5 Å². The largest absolute Gasteiger partial charge is 0.497 e. The highest BCUT2D eigenvalue weighted by Gasteiger charge is 2.50. The summed E-state index contributed by atoms with van der Waals surface area (Å²) in [5.41, 5.74) is 6.58. The summed E-state index contributed by atoms with van der Waals surface area (Å²) in [6.07, 6.45) is -4.07. The predicted octanol–water partition coefficient (Wildman–Crippen LogP) is 4.20. The topological polar surface area (TPSA) is 103 Å². The molecular weight excluding hydrogens is 523 g/mol. The van der Waals surface area contributed by atoms with Crippen LogP contribution in [0, 0.1) is 0 Å². The van der Waals surface area contributed by atoms with Gasteiger partial charge in [-0.25, -0.2) is 9.97 Å². The average molecular weight is 548 g/mol. The van der Waals surface area contributed by atoms with Crippen molar-refractivity contribution in [3.63, 3.8) is 0 Å². The number of fused-ring (bicyclic) bond motifs is 1. The molecule has 12 heteroatoms. The third kappa shape index (κ3) is 4.95. The van der Waals surface area contributed by atoms with Gasteiger partial charge in [-0.05, 0) is 53.1 Å². The Kier molecular flexibility index (Phi) is 6.83. The number of nitrogen functional groups attached to an aromatic ring is 1. The van der Waals surface area contributed by atoms with E-state index in [9.17, 15) is 18.0 Å². The number of hydrogen-bond acceptors (Lipinski definition) is 7. The summed E-state index contributed by atoms with van der Waals surface area (Å²) in [6, 6.07) is 10.7. The number of carbonyl (C=O) groups is 1. The molecule has 200 valence electrons. The first-order valence-electron chi connectivity index (χ1n) is 11.9. The molecule has 0 unspecified atom stereocenters. The number of carbonyl (C=O) groups excluding carboxylic acids is 1. The molecular formula is C26H25ClF3N5O3. The number of halogens is 4. The van der Waals surface area contributed by atoms with E-state index < -0.39 is 17.2 Å². The summed E-state index contributed by atoms with van der Waals surface area (Å²) >= 11 is 6.14. The number of aromatic nitrogens is 2. The third-order valence-corrected chi connectivity index (χ3v) is 7.04. The lowest BCUT2D eigenvalue weighted by Crippen LogP contribution is -2.59. The number of ether oxygens (including phenoxy) is 2. The summed E-state index contributed by atoms with van der Waals surface area (Å²) in [7, 11) is 1.58. The van der Waals surface area contributed by atoms with E-state index in [1.54, 1.807) is 12.0 Å². The Labute approximate surface area is 221 Å². The molecule has 1 fully saturated rings. The second-order valence-corrected chi connectivity index (χ2v) is 9.70. The van der Waals surface area contributed by atoms with Crippen LogP contribution in [0.3, 0.4) is 0 Å².